The van der Waals surface area contributed by atoms with Crippen LogP contribution in [0.2, 0.25) is 0 Å². The van der Waals surface area contributed by atoms with Crippen LogP contribution < -0.4 is 0 Å². The lowest BCUT2D eigenvalue weighted by Crippen LogP contribution is -2.46. The summed E-state index contributed by atoms with van der Waals surface area (Å²) in [6, 6.07) is 8.38. The minimum atomic E-state index is -6.00. The molecule has 0 saturated carbocycles. The fourth-order valence-corrected chi connectivity index (χ4v) is 2.61. The third-order valence-electron chi connectivity index (χ3n) is 3.17. The monoisotopic (exact) mass is 340 g/mol. The van der Waals surface area contributed by atoms with Crippen molar-refractivity contribution in [2.45, 2.75) is 37.3 Å². The van der Waals surface area contributed by atoms with E-state index in [1.807, 2.05) is 0 Å². The van der Waals surface area contributed by atoms with Crippen LogP contribution in [-0.4, -0.2) is 30.6 Å². The van der Waals surface area contributed by atoms with E-state index >= 15 is 0 Å². The number of benzene rings is 1. The molecule has 22 heavy (non-hydrogen) atoms. The van der Waals surface area contributed by atoms with E-state index < -0.39 is 40.0 Å². The number of carboxylic acid groups (broad SMARTS) is 1. The summed E-state index contributed by atoms with van der Waals surface area (Å²) in [6.07, 6.45) is -0.767. The molecule has 124 valence electrons. The third kappa shape index (κ3) is 4.20. The third-order valence-corrected chi connectivity index (χ3v) is 4.28. The Bertz CT molecular complexity index is 612. The molecule has 0 spiro atoms. The molecule has 0 aliphatic heterocycles. The van der Waals surface area contributed by atoms with Gasteiger partial charge in [0.1, 0.15) is 0 Å². The molecule has 1 rings (SSSR count). The van der Waals surface area contributed by atoms with Gasteiger partial charge in [0.15, 0.2) is 5.60 Å². The Balaban J connectivity index is 3.03. The van der Waals surface area contributed by atoms with Crippen molar-refractivity contribution < 1.29 is 35.7 Å². The van der Waals surface area contributed by atoms with Crippen LogP contribution in [0.3, 0.4) is 0 Å². The molecule has 1 N–H and O–H groups in total. The van der Waals surface area contributed by atoms with E-state index in [9.17, 15) is 31.5 Å². The molecule has 1 aromatic rings. The smallest absolute Gasteiger partial charge is 0.479 e. The first-order chi connectivity index (χ1) is 10.0. The molecule has 0 heterocycles. The molecular formula is C13H15F3O5S. The second-order valence-corrected chi connectivity index (χ2v) is 6.16. The second-order valence-electron chi connectivity index (χ2n) is 4.62. The maximum absolute atomic E-state index is 12.4. The van der Waals surface area contributed by atoms with Crippen molar-refractivity contribution in [3.63, 3.8) is 0 Å². The maximum atomic E-state index is 12.4. The van der Waals surface area contributed by atoms with Gasteiger partial charge in [-0.1, -0.05) is 37.3 Å². The van der Waals surface area contributed by atoms with E-state index in [0.717, 1.165) is 0 Å². The number of alkyl halides is 3. The summed E-state index contributed by atoms with van der Waals surface area (Å²) in [5, 5.41) is 9.17. The summed E-state index contributed by atoms with van der Waals surface area (Å²) in [5.74, 6) is -1.75. The summed E-state index contributed by atoms with van der Waals surface area (Å²) in [4.78, 5) is 11.3. The lowest BCUT2D eigenvalue weighted by Gasteiger charge is -2.28. The summed E-state index contributed by atoms with van der Waals surface area (Å²) in [6.45, 7) is 1.25. The first-order valence-corrected chi connectivity index (χ1v) is 7.74. The minimum absolute atomic E-state index is 0.0638. The van der Waals surface area contributed by atoms with Gasteiger partial charge in [-0.2, -0.15) is 21.6 Å². The van der Waals surface area contributed by atoms with Crippen LogP contribution in [0.4, 0.5) is 13.2 Å². The van der Waals surface area contributed by atoms with Gasteiger partial charge < -0.3 is 5.11 Å². The summed E-state index contributed by atoms with van der Waals surface area (Å²) < 4.78 is 63.6. The zero-order valence-corrected chi connectivity index (χ0v) is 12.4. The molecule has 0 fully saturated rings. The van der Waals surface area contributed by atoms with Crippen molar-refractivity contribution >= 4 is 16.1 Å². The molecule has 0 aliphatic carbocycles. The first-order valence-electron chi connectivity index (χ1n) is 6.33. The van der Waals surface area contributed by atoms with Gasteiger partial charge in [0.05, 0.1) is 0 Å². The number of hydrogen-bond donors (Lipinski definition) is 1. The first kappa shape index (κ1) is 18.4. The van der Waals surface area contributed by atoms with Gasteiger partial charge in [0, 0.05) is 0 Å². The summed E-state index contributed by atoms with van der Waals surface area (Å²) in [5.41, 5.74) is -7.46. The number of halogens is 3. The largest absolute Gasteiger partial charge is 0.523 e. The number of carboxylic acids is 1. The highest BCUT2D eigenvalue weighted by Gasteiger charge is 2.54. The number of hydrogen-bond acceptors (Lipinski definition) is 4. The molecule has 0 radical (unpaired) electrons. The highest BCUT2D eigenvalue weighted by molar-refractivity contribution is 7.87. The Morgan fingerprint density at radius 1 is 1.23 bits per heavy atom. The fourth-order valence-electron chi connectivity index (χ4n) is 1.82. The Morgan fingerprint density at radius 3 is 2.18 bits per heavy atom. The fraction of sp³-hybridized carbons (Fsp3) is 0.462. The van der Waals surface area contributed by atoms with Crippen molar-refractivity contribution in [2.24, 2.45) is 0 Å². The average Bonchev–Trinajstić information content (AvgIpc) is 2.43. The van der Waals surface area contributed by atoms with Crippen molar-refractivity contribution in [3.05, 3.63) is 35.9 Å². The summed E-state index contributed by atoms with van der Waals surface area (Å²) >= 11 is 0. The molecule has 0 bridgehead atoms. The van der Waals surface area contributed by atoms with Crippen LogP contribution >= 0.6 is 0 Å². The predicted molar refractivity (Wildman–Crippen MR) is 71.5 cm³/mol. The van der Waals surface area contributed by atoms with Crippen LogP contribution in [0.5, 0.6) is 0 Å². The highest BCUT2D eigenvalue weighted by Crippen LogP contribution is 2.33. The molecular weight excluding hydrogens is 325 g/mol. The van der Waals surface area contributed by atoms with E-state index in [4.69, 9.17) is 0 Å². The Labute approximate surface area is 125 Å². The van der Waals surface area contributed by atoms with Crippen LogP contribution in [0.1, 0.15) is 25.3 Å². The van der Waals surface area contributed by atoms with Crippen LogP contribution in [0.15, 0.2) is 30.3 Å². The zero-order valence-electron chi connectivity index (χ0n) is 11.6. The number of aryl methyl sites for hydroxylation is 1. The molecule has 1 unspecified atom stereocenters. The van der Waals surface area contributed by atoms with E-state index in [1.54, 1.807) is 30.3 Å². The molecule has 1 aromatic carbocycles. The number of aliphatic carboxylic acids is 1. The molecule has 0 aliphatic rings. The Morgan fingerprint density at radius 2 is 1.77 bits per heavy atom. The molecule has 0 saturated heterocycles. The average molecular weight is 340 g/mol. The lowest BCUT2D eigenvalue weighted by atomic mass is 9.92. The molecule has 0 amide bonds. The Hall–Kier alpha value is -1.61. The lowest BCUT2D eigenvalue weighted by molar-refractivity contribution is -0.157. The predicted octanol–water partition coefficient (Wildman–Crippen LogP) is 2.72. The van der Waals surface area contributed by atoms with Gasteiger partial charge in [-0.05, 0) is 24.8 Å². The van der Waals surface area contributed by atoms with Crippen LogP contribution in [0.25, 0.3) is 0 Å². The maximum Gasteiger partial charge on any atom is 0.523 e. The Kier molecular flexibility index (Phi) is 5.58. The molecule has 1 atom stereocenters. The SMILES string of the molecule is CCC(CCc1ccccc1)(OS(=O)(=O)C(F)(F)F)C(=O)O. The van der Waals surface area contributed by atoms with E-state index in [1.165, 1.54) is 6.92 Å². The van der Waals surface area contributed by atoms with Gasteiger partial charge in [-0.25, -0.2) is 8.98 Å². The van der Waals surface area contributed by atoms with Gasteiger partial charge in [0.25, 0.3) is 0 Å². The minimum Gasteiger partial charge on any atom is -0.479 e. The van der Waals surface area contributed by atoms with E-state index in [-0.39, 0.29) is 6.42 Å². The normalized spacial score (nSPS) is 15.3. The molecule has 5 nitrogen and oxygen atoms in total. The quantitative estimate of drug-likeness (QED) is 0.610. The van der Waals surface area contributed by atoms with Gasteiger partial charge in [0.2, 0.25) is 0 Å². The van der Waals surface area contributed by atoms with E-state index in [2.05, 4.69) is 4.18 Å². The summed E-state index contributed by atoms with van der Waals surface area (Å²) in [7, 11) is -6.00. The molecule has 0 aromatic heterocycles. The molecule has 9 heteroatoms. The van der Waals surface area contributed by atoms with Gasteiger partial charge in [-0.3, -0.25) is 0 Å². The van der Waals surface area contributed by atoms with Gasteiger partial charge in [-0.15, -0.1) is 0 Å². The van der Waals surface area contributed by atoms with Gasteiger partial charge >= 0.3 is 21.6 Å². The standard InChI is InChI=1S/C13H15F3O5S/c1-2-12(11(17)18,21-22(19,20)13(14,15)16)9-8-10-6-4-3-5-7-10/h3-7H,2,8-9H2,1H3,(H,17,18). The zero-order chi connectivity index (χ0) is 17.0. The number of rotatable bonds is 7. The van der Waals surface area contributed by atoms with Crippen molar-refractivity contribution in [1.29, 1.82) is 0 Å². The van der Waals surface area contributed by atoms with Crippen molar-refractivity contribution in [2.75, 3.05) is 0 Å². The van der Waals surface area contributed by atoms with Crippen LogP contribution in [-0.2, 0) is 25.5 Å². The van der Waals surface area contributed by atoms with Crippen molar-refractivity contribution in [3.8, 4) is 0 Å². The number of carbonyl (C=O) groups is 1. The second kappa shape index (κ2) is 6.66. The van der Waals surface area contributed by atoms with Crippen LogP contribution in [0, 0.1) is 0 Å². The van der Waals surface area contributed by atoms with Crippen molar-refractivity contribution in [1.82, 2.24) is 0 Å². The topological polar surface area (TPSA) is 80.7 Å². The highest BCUT2D eigenvalue weighted by atomic mass is 32.2. The van der Waals surface area contributed by atoms with E-state index in [0.29, 0.717) is 5.56 Å².